The summed E-state index contributed by atoms with van der Waals surface area (Å²) < 4.78 is 42.9. The fourth-order valence-corrected chi connectivity index (χ4v) is 2.03. The quantitative estimate of drug-likeness (QED) is 0.766. The summed E-state index contributed by atoms with van der Waals surface area (Å²) in [7, 11) is 0. The van der Waals surface area contributed by atoms with Gasteiger partial charge in [-0.2, -0.15) is 13.2 Å². The highest BCUT2D eigenvalue weighted by molar-refractivity contribution is 5.67. The van der Waals surface area contributed by atoms with Gasteiger partial charge in [-0.25, -0.2) is 4.79 Å². The Hall–Kier alpha value is -3.03. The van der Waals surface area contributed by atoms with Gasteiger partial charge in [0.05, 0.1) is 5.56 Å². The fourth-order valence-electron chi connectivity index (χ4n) is 2.03. The number of H-pyrrole nitrogens is 1. The lowest BCUT2D eigenvalue weighted by Crippen LogP contribution is -2.24. The molecule has 0 aliphatic carbocycles. The Morgan fingerprint density at radius 3 is 2.65 bits per heavy atom. The number of alkyl carbamates (subject to hydrolysis) is 1. The molecule has 1 amide bonds. The minimum atomic E-state index is -4.53. The van der Waals surface area contributed by atoms with Gasteiger partial charge < -0.3 is 15.0 Å². The van der Waals surface area contributed by atoms with Crippen molar-refractivity contribution < 1.29 is 22.7 Å². The van der Waals surface area contributed by atoms with Gasteiger partial charge in [0.15, 0.2) is 0 Å². The molecule has 0 atom stereocenters. The smallest absolute Gasteiger partial charge is 0.417 e. The van der Waals surface area contributed by atoms with Crippen LogP contribution in [0, 0.1) is 0 Å². The SMILES string of the molecule is O=C(NCCC=Cc1cc(C(F)(F)F)c[nH]c1=O)OCc1ccccc1. The van der Waals surface area contributed by atoms with E-state index >= 15 is 0 Å². The van der Waals surface area contributed by atoms with Crippen LogP contribution in [0.5, 0.6) is 0 Å². The lowest BCUT2D eigenvalue weighted by Gasteiger charge is -2.06. The van der Waals surface area contributed by atoms with Gasteiger partial charge in [-0.05, 0) is 18.1 Å². The minimum absolute atomic E-state index is 0.105. The number of aromatic amines is 1. The third kappa shape index (κ3) is 6.12. The summed E-state index contributed by atoms with van der Waals surface area (Å²) >= 11 is 0. The van der Waals surface area contributed by atoms with Crippen molar-refractivity contribution in [3.05, 3.63) is 75.7 Å². The monoisotopic (exact) mass is 366 g/mol. The van der Waals surface area contributed by atoms with Gasteiger partial charge in [0, 0.05) is 18.3 Å². The Kier molecular flexibility index (Phi) is 6.60. The summed E-state index contributed by atoms with van der Waals surface area (Å²) in [5, 5.41) is 2.51. The van der Waals surface area contributed by atoms with Crippen LogP contribution < -0.4 is 10.9 Å². The van der Waals surface area contributed by atoms with Crippen LogP contribution in [-0.4, -0.2) is 17.6 Å². The van der Waals surface area contributed by atoms with E-state index in [4.69, 9.17) is 4.74 Å². The number of halogens is 3. The van der Waals surface area contributed by atoms with Crippen molar-refractivity contribution in [2.24, 2.45) is 0 Å². The number of carbonyl (C=O) groups is 1. The number of amides is 1. The van der Waals surface area contributed by atoms with E-state index in [1.165, 1.54) is 12.2 Å². The first-order valence-electron chi connectivity index (χ1n) is 7.77. The average molecular weight is 366 g/mol. The first-order chi connectivity index (χ1) is 12.4. The van der Waals surface area contributed by atoms with E-state index < -0.39 is 23.4 Å². The molecule has 0 spiro atoms. The van der Waals surface area contributed by atoms with E-state index in [-0.39, 0.29) is 18.7 Å². The highest BCUT2D eigenvalue weighted by Gasteiger charge is 2.31. The molecular weight excluding hydrogens is 349 g/mol. The summed E-state index contributed by atoms with van der Waals surface area (Å²) in [5.41, 5.74) is -0.804. The van der Waals surface area contributed by atoms with E-state index in [0.717, 1.165) is 11.6 Å². The molecule has 0 fully saturated rings. The van der Waals surface area contributed by atoms with Crippen molar-refractivity contribution in [1.82, 2.24) is 10.3 Å². The van der Waals surface area contributed by atoms with Gasteiger partial charge in [0.1, 0.15) is 6.61 Å². The zero-order valence-corrected chi connectivity index (χ0v) is 13.7. The first-order valence-corrected chi connectivity index (χ1v) is 7.77. The molecule has 0 aliphatic rings. The van der Waals surface area contributed by atoms with E-state index in [0.29, 0.717) is 12.6 Å². The lowest BCUT2D eigenvalue weighted by atomic mass is 10.2. The van der Waals surface area contributed by atoms with Crippen LogP contribution in [0.4, 0.5) is 18.0 Å². The molecule has 0 radical (unpaired) electrons. The molecule has 0 saturated heterocycles. The third-order valence-electron chi connectivity index (χ3n) is 3.35. The molecule has 138 valence electrons. The number of carbonyl (C=O) groups excluding carboxylic acids is 1. The lowest BCUT2D eigenvalue weighted by molar-refractivity contribution is -0.137. The largest absolute Gasteiger partial charge is 0.445 e. The predicted molar refractivity (Wildman–Crippen MR) is 90.3 cm³/mol. The van der Waals surface area contributed by atoms with Gasteiger partial charge in [-0.15, -0.1) is 0 Å². The van der Waals surface area contributed by atoms with Gasteiger partial charge in [-0.3, -0.25) is 4.79 Å². The number of hydrogen-bond acceptors (Lipinski definition) is 3. The number of nitrogens with one attached hydrogen (secondary N) is 2. The Morgan fingerprint density at radius 2 is 1.96 bits per heavy atom. The molecule has 0 aliphatic heterocycles. The molecule has 5 nitrogen and oxygen atoms in total. The van der Waals surface area contributed by atoms with E-state index in [9.17, 15) is 22.8 Å². The molecule has 1 aromatic carbocycles. The van der Waals surface area contributed by atoms with Gasteiger partial charge >= 0.3 is 12.3 Å². The molecule has 0 saturated carbocycles. The highest BCUT2D eigenvalue weighted by atomic mass is 19.4. The zero-order chi connectivity index (χ0) is 19.0. The van der Waals surface area contributed by atoms with Crippen molar-refractivity contribution in [2.45, 2.75) is 19.2 Å². The number of pyridine rings is 1. The van der Waals surface area contributed by atoms with Crippen LogP contribution in [0.1, 0.15) is 23.1 Å². The second kappa shape index (κ2) is 8.89. The van der Waals surface area contributed by atoms with Crippen molar-refractivity contribution in [2.75, 3.05) is 6.54 Å². The van der Waals surface area contributed by atoms with Crippen molar-refractivity contribution in [3.63, 3.8) is 0 Å². The third-order valence-corrected chi connectivity index (χ3v) is 3.35. The second-order valence-electron chi connectivity index (χ2n) is 5.35. The van der Waals surface area contributed by atoms with E-state index in [1.54, 1.807) is 0 Å². The Balaban J connectivity index is 1.77. The molecule has 0 bridgehead atoms. The van der Waals surface area contributed by atoms with Crippen LogP contribution in [0.15, 0.2) is 53.5 Å². The molecule has 2 N–H and O–H groups in total. The Bertz CT molecular complexity index is 814. The van der Waals surface area contributed by atoms with E-state index in [1.807, 2.05) is 35.3 Å². The van der Waals surface area contributed by atoms with Crippen molar-refractivity contribution >= 4 is 12.2 Å². The van der Waals surface area contributed by atoms with Crippen LogP contribution in [0.25, 0.3) is 6.08 Å². The molecule has 1 aromatic heterocycles. The number of aromatic nitrogens is 1. The normalized spacial score (nSPS) is 11.5. The second-order valence-corrected chi connectivity index (χ2v) is 5.35. The van der Waals surface area contributed by atoms with Gasteiger partial charge in [0.2, 0.25) is 0 Å². The summed E-state index contributed by atoms with van der Waals surface area (Å²) in [6.45, 7) is 0.364. The fraction of sp³-hybridized carbons (Fsp3) is 0.222. The van der Waals surface area contributed by atoms with Crippen LogP contribution in [-0.2, 0) is 17.5 Å². The summed E-state index contributed by atoms with van der Waals surface area (Å²) in [5.74, 6) is 0. The summed E-state index contributed by atoms with van der Waals surface area (Å²) in [6, 6.07) is 9.93. The molecule has 8 heteroatoms. The number of hydrogen-bond donors (Lipinski definition) is 2. The number of rotatable bonds is 6. The summed E-state index contributed by atoms with van der Waals surface area (Å²) in [4.78, 5) is 25.1. The van der Waals surface area contributed by atoms with Crippen LogP contribution in [0.2, 0.25) is 0 Å². The molecule has 2 aromatic rings. The molecule has 1 heterocycles. The topological polar surface area (TPSA) is 71.2 Å². The van der Waals surface area contributed by atoms with Gasteiger partial charge in [-0.1, -0.05) is 42.5 Å². The van der Waals surface area contributed by atoms with Crippen LogP contribution >= 0.6 is 0 Å². The highest BCUT2D eigenvalue weighted by Crippen LogP contribution is 2.28. The average Bonchev–Trinajstić information content (AvgIpc) is 2.61. The number of alkyl halides is 3. The predicted octanol–water partition coefficient (Wildman–Crippen LogP) is 3.72. The molecular formula is C18H17F3N2O3. The maximum atomic E-state index is 12.6. The standard InChI is InChI=1S/C18H17F3N2O3/c19-18(20,21)15-10-14(16(24)23-11-15)8-4-5-9-22-17(25)26-12-13-6-2-1-3-7-13/h1-4,6-8,10-11H,5,9,12H2,(H,22,25)(H,23,24). The Labute approximate surface area is 147 Å². The number of ether oxygens (including phenoxy) is 1. The molecule has 26 heavy (non-hydrogen) atoms. The molecule has 0 unspecified atom stereocenters. The van der Waals surface area contributed by atoms with E-state index in [2.05, 4.69) is 5.32 Å². The zero-order valence-electron chi connectivity index (χ0n) is 13.7. The minimum Gasteiger partial charge on any atom is -0.445 e. The van der Waals surface area contributed by atoms with Gasteiger partial charge in [0.25, 0.3) is 5.56 Å². The van der Waals surface area contributed by atoms with Crippen molar-refractivity contribution in [3.8, 4) is 0 Å². The Morgan fingerprint density at radius 1 is 1.23 bits per heavy atom. The molecule has 2 rings (SSSR count). The number of benzene rings is 1. The van der Waals surface area contributed by atoms with Crippen molar-refractivity contribution in [1.29, 1.82) is 0 Å². The first kappa shape index (κ1) is 19.3. The maximum absolute atomic E-state index is 12.6. The maximum Gasteiger partial charge on any atom is 0.417 e. The van der Waals surface area contributed by atoms with Crippen LogP contribution in [0.3, 0.4) is 0 Å². The summed E-state index contributed by atoms with van der Waals surface area (Å²) in [6.07, 6.45) is -1.39.